The number of aliphatic hydroxyl groups excluding tert-OH is 1. The van der Waals surface area contributed by atoms with Crippen molar-refractivity contribution in [2.45, 2.75) is 50.7 Å². The van der Waals surface area contributed by atoms with Crippen LogP contribution in [0.4, 0.5) is 4.79 Å². The second kappa shape index (κ2) is 15.4. The molecule has 5 aromatic rings. The smallest absolute Gasteiger partial charge is 0.315 e. The first-order valence-corrected chi connectivity index (χ1v) is 16.7. The molecule has 1 aromatic heterocycles. The highest BCUT2D eigenvalue weighted by atomic mass is 32.2. The molecule has 0 bridgehead atoms. The Morgan fingerprint density at radius 3 is 2.36 bits per heavy atom. The lowest BCUT2D eigenvalue weighted by Crippen LogP contribution is -2.38. The number of hydrogen-bond acceptors (Lipinski definition) is 8. The Bertz CT molecular complexity index is 1750. The number of benzene rings is 4. The molecule has 1 aliphatic heterocycles. The molecule has 3 N–H and O–H groups in total. The third-order valence-corrected chi connectivity index (χ3v) is 9.24. The van der Waals surface area contributed by atoms with E-state index in [0.717, 1.165) is 39.1 Å². The van der Waals surface area contributed by atoms with Gasteiger partial charge in [-0.2, -0.15) is 4.68 Å². The predicted molar refractivity (Wildman–Crippen MR) is 181 cm³/mol. The molecule has 1 fully saturated rings. The SMILES string of the molecule is CCNC(=O)NCc1ccccc1-c1ccc([C@@H]2O[C@H](CSc3nnnn3-c3ccccc3)[C@H](C)[C@H](c3ccc(CO)cc3)O2)cc1. The van der Waals surface area contributed by atoms with Crippen LogP contribution in [0.1, 0.15) is 48.5 Å². The van der Waals surface area contributed by atoms with Crippen LogP contribution < -0.4 is 10.6 Å². The molecular formula is C36H38N6O4S. The van der Waals surface area contributed by atoms with Gasteiger partial charge in [-0.05, 0) is 57.3 Å². The topological polar surface area (TPSA) is 123 Å². The van der Waals surface area contributed by atoms with Crippen molar-refractivity contribution in [3.05, 3.63) is 125 Å². The van der Waals surface area contributed by atoms with E-state index < -0.39 is 6.29 Å². The van der Waals surface area contributed by atoms with E-state index in [1.54, 1.807) is 16.4 Å². The second-order valence-corrected chi connectivity index (χ2v) is 12.3. The lowest BCUT2D eigenvalue weighted by molar-refractivity contribution is -0.268. The summed E-state index contributed by atoms with van der Waals surface area (Å²) in [7, 11) is 0. The predicted octanol–water partition coefficient (Wildman–Crippen LogP) is 6.22. The van der Waals surface area contributed by atoms with Crippen LogP contribution in [0.3, 0.4) is 0 Å². The molecule has 1 aliphatic rings. The zero-order valence-corrected chi connectivity index (χ0v) is 27.1. The molecule has 0 radical (unpaired) electrons. The molecule has 242 valence electrons. The van der Waals surface area contributed by atoms with Gasteiger partial charge in [0.25, 0.3) is 0 Å². The number of tetrazole rings is 1. The lowest BCUT2D eigenvalue weighted by atomic mass is 9.91. The molecule has 10 nitrogen and oxygen atoms in total. The van der Waals surface area contributed by atoms with Crippen LogP contribution in [0.25, 0.3) is 16.8 Å². The van der Waals surface area contributed by atoms with Gasteiger partial charge in [0.05, 0.1) is 24.5 Å². The summed E-state index contributed by atoms with van der Waals surface area (Å²) < 4.78 is 15.1. The number of aliphatic hydroxyl groups is 1. The minimum atomic E-state index is -0.604. The molecule has 4 aromatic carbocycles. The van der Waals surface area contributed by atoms with Crippen LogP contribution in [0.15, 0.2) is 108 Å². The highest BCUT2D eigenvalue weighted by Gasteiger charge is 2.38. The van der Waals surface area contributed by atoms with E-state index in [4.69, 9.17) is 9.47 Å². The molecule has 4 atom stereocenters. The Morgan fingerprint density at radius 1 is 0.894 bits per heavy atom. The molecule has 0 spiro atoms. The van der Waals surface area contributed by atoms with Crippen LogP contribution in [-0.2, 0) is 22.6 Å². The van der Waals surface area contributed by atoms with E-state index in [2.05, 4.69) is 51.3 Å². The monoisotopic (exact) mass is 650 g/mol. The Kier molecular flexibility index (Phi) is 10.6. The molecule has 1 saturated heterocycles. The van der Waals surface area contributed by atoms with Crippen molar-refractivity contribution in [3.63, 3.8) is 0 Å². The zero-order valence-electron chi connectivity index (χ0n) is 26.3. The fraction of sp³-hybridized carbons (Fsp3) is 0.278. The van der Waals surface area contributed by atoms with Crippen LogP contribution >= 0.6 is 11.8 Å². The minimum Gasteiger partial charge on any atom is -0.392 e. The number of hydrogen-bond donors (Lipinski definition) is 3. The quantitative estimate of drug-likeness (QED) is 0.144. The number of carbonyl (C=O) groups is 1. The van der Waals surface area contributed by atoms with Crippen molar-refractivity contribution < 1.29 is 19.4 Å². The first-order chi connectivity index (χ1) is 23.0. The van der Waals surface area contributed by atoms with E-state index in [-0.39, 0.29) is 30.8 Å². The van der Waals surface area contributed by atoms with Crippen LogP contribution in [-0.4, -0.2) is 49.7 Å². The summed E-state index contributed by atoms with van der Waals surface area (Å²) in [5.74, 6) is 0.632. The van der Waals surface area contributed by atoms with Gasteiger partial charge in [-0.1, -0.05) is 110 Å². The standard InChI is InChI=1S/C36H38N6O4S/c1-3-37-35(44)38-21-29-9-7-8-12-31(29)26-17-19-28(20-18-26)34-45-32(24(2)33(46-34)27-15-13-25(22-43)14-16-27)23-47-36-39-40-41-42(36)30-10-5-4-6-11-30/h4-20,24,32-34,43H,3,21-23H2,1-2H3,(H2,37,38,44)/t24-,32+,33+,34+/m0/s1. The number of ether oxygens (including phenoxy) is 2. The van der Waals surface area contributed by atoms with Crippen LogP contribution in [0.5, 0.6) is 0 Å². The summed E-state index contributed by atoms with van der Waals surface area (Å²) >= 11 is 1.55. The maximum absolute atomic E-state index is 12.0. The van der Waals surface area contributed by atoms with Crippen molar-refractivity contribution in [3.8, 4) is 16.8 Å². The third kappa shape index (κ3) is 7.71. The maximum Gasteiger partial charge on any atom is 0.315 e. The molecule has 47 heavy (non-hydrogen) atoms. The van der Waals surface area contributed by atoms with Gasteiger partial charge in [-0.25, -0.2) is 4.79 Å². The van der Waals surface area contributed by atoms with E-state index in [0.29, 0.717) is 24.0 Å². The minimum absolute atomic E-state index is 0.0139. The Balaban J connectivity index is 1.23. The largest absolute Gasteiger partial charge is 0.392 e. The normalized spacial score (nSPS) is 19.3. The van der Waals surface area contributed by atoms with E-state index in [1.165, 1.54) is 0 Å². The van der Waals surface area contributed by atoms with Crippen molar-refractivity contribution in [2.24, 2.45) is 5.92 Å². The Labute approximate surface area is 278 Å². The summed E-state index contributed by atoms with van der Waals surface area (Å²) in [5.41, 5.74) is 6.76. The number of rotatable bonds is 11. The average Bonchev–Trinajstić information content (AvgIpc) is 3.60. The molecular weight excluding hydrogens is 613 g/mol. The van der Waals surface area contributed by atoms with Gasteiger partial charge < -0.3 is 25.2 Å². The number of thioether (sulfide) groups is 1. The Hall–Kier alpha value is -4.55. The fourth-order valence-electron chi connectivity index (χ4n) is 5.64. The van der Waals surface area contributed by atoms with Gasteiger partial charge in [-0.15, -0.1) is 5.10 Å². The van der Waals surface area contributed by atoms with Gasteiger partial charge in [0, 0.05) is 30.3 Å². The number of nitrogens with zero attached hydrogens (tertiary/aromatic N) is 4. The van der Waals surface area contributed by atoms with Gasteiger partial charge >= 0.3 is 6.03 Å². The highest BCUT2D eigenvalue weighted by Crippen LogP contribution is 2.43. The first kappa shape index (κ1) is 32.4. The molecule has 2 amide bonds. The van der Waals surface area contributed by atoms with Gasteiger partial charge in [0.1, 0.15) is 0 Å². The third-order valence-electron chi connectivity index (χ3n) is 8.23. The summed E-state index contributed by atoms with van der Waals surface area (Å²) in [5, 5.41) is 28.4. The van der Waals surface area contributed by atoms with Crippen molar-refractivity contribution in [1.82, 2.24) is 30.8 Å². The summed E-state index contributed by atoms with van der Waals surface area (Å²) in [4.78, 5) is 12.0. The van der Waals surface area contributed by atoms with Gasteiger partial charge in [0.15, 0.2) is 6.29 Å². The van der Waals surface area contributed by atoms with E-state index >= 15 is 0 Å². The summed E-state index contributed by atoms with van der Waals surface area (Å²) in [6.45, 7) is 5.00. The number of nitrogens with one attached hydrogen (secondary N) is 2. The molecule has 6 rings (SSSR count). The molecule has 0 saturated carbocycles. The summed E-state index contributed by atoms with van der Waals surface area (Å²) in [6, 6.07) is 33.8. The molecule has 0 unspecified atom stereocenters. The Morgan fingerprint density at radius 2 is 1.62 bits per heavy atom. The number of aromatic nitrogens is 4. The zero-order chi connectivity index (χ0) is 32.6. The van der Waals surface area contributed by atoms with E-state index in [9.17, 15) is 9.90 Å². The molecule has 2 heterocycles. The number of carbonyl (C=O) groups excluding carboxylic acids is 1. The molecule has 11 heteroatoms. The van der Waals surface area contributed by atoms with Crippen molar-refractivity contribution in [1.29, 1.82) is 0 Å². The van der Waals surface area contributed by atoms with E-state index in [1.807, 2.05) is 91.9 Å². The summed E-state index contributed by atoms with van der Waals surface area (Å²) in [6.07, 6.45) is -1.02. The number of amides is 2. The average molecular weight is 651 g/mol. The molecule has 0 aliphatic carbocycles. The first-order valence-electron chi connectivity index (χ1n) is 15.7. The van der Waals surface area contributed by atoms with Crippen LogP contribution in [0, 0.1) is 5.92 Å². The fourth-order valence-corrected chi connectivity index (χ4v) is 6.70. The second-order valence-electron chi connectivity index (χ2n) is 11.3. The van der Waals surface area contributed by atoms with Crippen molar-refractivity contribution >= 4 is 17.8 Å². The highest BCUT2D eigenvalue weighted by molar-refractivity contribution is 7.99. The van der Waals surface area contributed by atoms with Gasteiger partial charge in [0.2, 0.25) is 5.16 Å². The number of para-hydroxylation sites is 1. The van der Waals surface area contributed by atoms with Crippen LogP contribution in [0.2, 0.25) is 0 Å². The maximum atomic E-state index is 12.0. The van der Waals surface area contributed by atoms with Crippen molar-refractivity contribution in [2.75, 3.05) is 12.3 Å². The lowest BCUT2D eigenvalue weighted by Gasteiger charge is -2.41. The van der Waals surface area contributed by atoms with Gasteiger partial charge in [-0.3, -0.25) is 0 Å². The number of urea groups is 1.